The Morgan fingerprint density at radius 3 is 3.06 bits per heavy atom. The van der Waals surface area contributed by atoms with Crippen molar-refractivity contribution < 1.29 is 14.6 Å². The molecule has 5 nitrogen and oxygen atoms in total. The number of carbonyl (C=O) groups is 1. The zero-order chi connectivity index (χ0) is 12.3. The van der Waals surface area contributed by atoms with Gasteiger partial charge in [0.25, 0.3) is 0 Å². The van der Waals surface area contributed by atoms with Gasteiger partial charge in [0.2, 0.25) is 0 Å². The first kappa shape index (κ1) is 11.7. The molecule has 1 atom stereocenters. The third kappa shape index (κ3) is 2.68. The molecule has 1 aromatic rings. The Morgan fingerprint density at radius 1 is 1.53 bits per heavy atom. The molecule has 92 valence electrons. The van der Waals surface area contributed by atoms with Gasteiger partial charge in [0.1, 0.15) is 11.8 Å². The fourth-order valence-electron chi connectivity index (χ4n) is 1.90. The Kier molecular flexibility index (Phi) is 3.49. The summed E-state index contributed by atoms with van der Waals surface area (Å²) >= 11 is 0. The van der Waals surface area contributed by atoms with E-state index >= 15 is 0 Å². The molecule has 0 amide bonds. The van der Waals surface area contributed by atoms with E-state index in [4.69, 9.17) is 15.6 Å². The Labute approximate surface area is 99.8 Å². The van der Waals surface area contributed by atoms with Crippen LogP contribution in [0.25, 0.3) is 0 Å². The van der Waals surface area contributed by atoms with Crippen molar-refractivity contribution in [1.29, 1.82) is 0 Å². The molecular formula is C12H16N2O3. The van der Waals surface area contributed by atoms with E-state index in [1.54, 1.807) is 0 Å². The predicted octanol–water partition coefficient (Wildman–Crippen LogP) is 0.687. The molecule has 0 spiro atoms. The maximum Gasteiger partial charge on any atom is 0.322 e. The standard InChI is InChI=1S/C12H16N2O3/c13-9(12(15)16)8-14-6-3-7-17-11-5-2-1-4-10(11)14/h1-2,4-5,9H,3,6-8,13H2,(H,15,16). The Morgan fingerprint density at radius 2 is 2.29 bits per heavy atom. The molecule has 0 aliphatic carbocycles. The van der Waals surface area contributed by atoms with Gasteiger partial charge in [-0.1, -0.05) is 12.1 Å². The van der Waals surface area contributed by atoms with Crippen molar-refractivity contribution in [3.8, 4) is 5.75 Å². The maximum atomic E-state index is 10.8. The van der Waals surface area contributed by atoms with Gasteiger partial charge in [-0.05, 0) is 18.6 Å². The van der Waals surface area contributed by atoms with Gasteiger partial charge < -0.3 is 20.5 Å². The monoisotopic (exact) mass is 236 g/mol. The van der Waals surface area contributed by atoms with Crippen molar-refractivity contribution in [3.05, 3.63) is 24.3 Å². The molecule has 1 aromatic carbocycles. The van der Waals surface area contributed by atoms with Crippen LogP contribution < -0.4 is 15.4 Å². The second-order valence-electron chi connectivity index (χ2n) is 4.06. The average Bonchev–Trinajstić information content (AvgIpc) is 2.52. The number of hydrogen-bond acceptors (Lipinski definition) is 4. The molecule has 5 heteroatoms. The van der Waals surface area contributed by atoms with Gasteiger partial charge in [0.05, 0.1) is 12.3 Å². The minimum Gasteiger partial charge on any atom is -0.491 e. The molecule has 17 heavy (non-hydrogen) atoms. The largest absolute Gasteiger partial charge is 0.491 e. The molecule has 0 fully saturated rings. The van der Waals surface area contributed by atoms with E-state index in [9.17, 15) is 4.79 Å². The molecule has 0 aromatic heterocycles. The van der Waals surface area contributed by atoms with E-state index in [1.807, 2.05) is 29.2 Å². The van der Waals surface area contributed by atoms with Crippen LogP contribution >= 0.6 is 0 Å². The topological polar surface area (TPSA) is 75.8 Å². The van der Waals surface area contributed by atoms with E-state index in [2.05, 4.69) is 0 Å². The number of nitrogens with two attached hydrogens (primary N) is 1. The van der Waals surface area contributed by atoms with E-state index < -0.39 is 12.0 Å². The van der Waals surface area contributed by atoms with Crippen LogP contribution in [0.5, 0.6) is 5.75 Å². The highest BCUT2D eigenvalue weighted by Crippen LogP contribution is 2.30. The zero-order valence-electron chi connectivity index (χ0n) is 9.50. The van der Waals surface area contributed by atoms with Gasteiger partial charge in [-0.2, -0.15) is 0 Å². The maximum absolute atomic E-state index is 10.8. The van der Waals surface area contributed by atoms with Crippen molar-refractivity contribution in [2.75, 3.05) is 24.6 Å². The number of anilines is 1. The summed E-state index contributed by atoms with van der Waals surface area (Å²) in [5, 5.41) is 8.85. The van der Waals surface area contributed by atoms with Crippen LogP contribution in [0.15, 0.2) is 24.3 Å². The lowest BCUT2D eigenvalue weighted by Crippen LogP contribution is -2.43. The summed E-state index contributed by atoms with van der Waals surface area (Å²) in [4.78, 5) is 12.8. The van der Waals surface area contributed by atoms with Crippen LogP contribution in [-0.4, -0.2) is 36.8 Å². The Balaban J connectivity index is 2.20. The first-order chi connectivity index (χ1) is 8.18. The summed E-state index contributed by atoms with van der Waals surface area (Å²) in [6.45, 7) is 1.71. The third-order valence-corrected chi connectivity index (χ3v) is 2.77. The fourth-order valence-corrected chi connectivity index (χ4v) is 1.90. The molecular weight excluding hydrogens is 220 g/mol. The number of para-hydroxylation sites is 2. The second-order valence-corrected chi connectivity index (χ2v) is 4.06. The third-order valence-electron chi connectivity index (χ3n) is 2.77. The SMILES string of the molecule is NC(CN1CCCOc2ccccc21)C(=O)O. The van der Waals surface area contributed by atoms with E-state index in [1.165, 1.54) is 0 Å². The predicted molar refractivity (Wildman–Crippen MR) is 64.4 cm³/mol. The average molecular weight is 236 g/mol. The number of fused-ring (bicyclic) bond motifs is 1. The fraction of sp³-hybridized carbons (Fsp3) is 0.417. The van der Waals surface area contributed by atoms with Gasteiger partial charge in [0.15, 0.2) is 0 Å². The molecule has 1 aliphatic rings. The van der Waals surface area contributed by atoms with Crippen LogP contribution in [0.4, 0.5) is 5.69 Å². The first-order valence-electron chi connectivity index (χ1n) is 5.63. The smallest absolute Gasteiger partial charge is 0.322 e. The summed E-state index contributed by atoms with van der Waals surface area (Å²) in [5.74, 6) is -0.185. The number of hydrogen-bond donors (Lipinski definition) is 2. The van der Waals surface area contributed by atoms with Crippen molar-refractivity contribution in [3.63, 3.8) is 0 Å². The highest BCUT2D eigenvalue weighted by atomic mass is 16.5. The summed E-state index contributed by atoms with van der Waals surface area (Å²) < 4.78 is 5.59. The van der Waals surface area contributed by atoms with Crippen molar-refractivity contribution in [1.82, 2.24) is 0 Å². The van der Waals surface area contributed by atoms with Crippen LogP contribution in [0, 0.1) is 0 Å². The molecule has 0 saturated carbocycles. The zero-order valence-corrected chi connectivity index (χ0v) is 9.50. The van der Waals surface area contributed by atoms with E-state index in [-0.39, 0.29) is 0 Å². The number of nitrogens with zero attached hydrogens (tertiary/aromatic N) is 1. The molecule has 0 radical (unpaired) electrons. The van der Waals surface area contributed by atoms with Gasteiger partial charge >= 0.3 is 5.97 Å². The van der Waals surface area contributed by atoms with Crippen molar-refractivity contribution in [2.45, 2.75) is 12.5 Å². The summed E-state index contributed by atoms with van der Waals surface area (Å²) in [6.07, 6.45) is 0.862. The Hall–Kier alpha value is -1.75. The lowest BCUT2D eigenvalue weighted by Gasteiger charge is -2.25. The highest BCUT2D eigenvalue weighted by molar-refractivity contribution is 5.74. The van der Waals surface area contributed by atoms with Crippen molar-refractivity contribution >= 4 is 11.7 Å². The van der Waals surface area contributed by atoms with Crippen molar-refractivity contribution in [2.24, 2.45) is 5.73 Å². The Bertz CT molecular complexity index is 408. The lowest BCUT2D eigenvalue weighted by atomic mass is 10.2. The normalized spacial score (nSPS) is 16.6. The van der Waals surface area contributed by atoms with Crippen LogP contribution in [0.3, 0.4) is 0 Å². The molecule has 1 aliphatic heterocycles. The molecule has 3 N–H and O–H groups in total. The van der Waals surface area contributed by atoms with Gasteiger partial charge in [-0.3, -0.25) is 4.79 Å². The number of benzene rings is 1. The van der Waals surface area contributed by atoms with E-state index in [0.717, 1.165) is 24.4 Å². The first-order valence-corrected chi connectivity index (χ1v) is 5.63. The molecule has 0 bridgehead atoms. The van der Waals surface area contributed by atoms with Crippen LogP contribution in [0.2, 0.25) is 0 Å². The minimum absolute atomic E-state index is 0.301. The second kappa shape index (κ2) is 5.05. The van der Waals surface area contributed by atoms with Gasteiger partial charge in [-0.15, -0.1) is 0 Å². The lowest BCUT2D eigenvalue weighted by molar-refractivity contribution is -0.138. The minimum atomic E-state index is -0.979. The molecule has 1 unspecified atom stereocenters. The number of ether oxygens (including phenoxy) is 1. The number of rotatable bonds is 3. The molecule has 2 rings (SSSR count). The number of carboxylic acids is 1. The molecule has 0 saturated heterocycles. The number of aliphatic carboxylic acids is 1. The summed E-state index contributed by atoms with van der Waals surface area (Å²) in [6, 6.07) is 6.75. The van der Waals surface area contributed by atoms with Gasteiger partial charge in [-0.25, -0.2) is 0 Å². The highest BCUT2D eigenvalue weighted by Gasteiger charge is 2.21. The quantitative estimate of drug-likeness (QED) is 0.807. The summed E-state index contributed by atoms with van der Waals surface area (Å²) in [5.41, 5.74) is 6.49. The van der Waals surface area contributed by atoms with Crippen LogP contribution in [0.1, 0.15) is 6.42 Å². The summed E-state index contributed by atoms with van der Waals surface area (Å²) in [7, 11) is 0. The number of carboxylic acid groups (broad SMARTS) is 1. The van der Waals surface area contributed by atoms with E-state index in [0.29, 0.717) is 13.2 Å². The van der Waals surface area contributed by atoms with Gasteiger partial charge in [0, 0.05) is 13.1 Å². The van der Waals surface area contributed by atoms with Crippen LogP contribution in [-0.2, 0) is 4.79 Å². The molecule has 1 heterocycles.